The van der Waals surface area contributed by atoms with E-state index < -0.39 is 0 Å². The smallest absolute Gasteiger partial charge is 0.108 e. The highest BCUT2D eigenvalue weighted by Gasteiger charge is 2.09. The summed E-state index contributed by atoms with van der Waals surface area (Å²) in [6.07, 6.45) is 7.05. The Balaban J connectivity index is 2.34. The summed E-state index contributed by atoms with van der Waals surface area (Å²) in [6, 6.07) is 0.432. The summed E-state index contributed by atoms with van der Waals surface area (Å²) in [5.41, 5.74) is 0. The summed E-state index contributed by atoms with van der Waals surface area (Å²) >= 11 is 0. The van der Waals surface area contributed by atoms with E-state index >= 15 is 0 Å². The first kappa shape index (κ1) is 13.2. The van der Waals surface area contributed by atoms with Gasteiger partial charge >= 0.3 is 0 Å². The van der Waals surface area contributed by atoms with Gasteiger partial charge in [-0.15, -0.1) is 0 Å². The molecule has 0 saturated carbocycles. The lowest BCUT2D eigenvalue weighted by Gasteiger charge is -2.17. The highest BCUT2D eigenvalue weighted by atomic mass is 16.5. The molecule has 1 aromatic heterocycles. The molecule has 0 spiro atoms. The second kappa shape index (κ2) is 7.41. The van der Waals surface area contributed by atoms with Gasteiger partial charge in [0.05, 0.1) is 6.61 Å². The number of imidazole rings is 1. The minimum Gasteiger partial charge on any atom is -0.383 e. The summed E-state index contributed by atoms with van der Waals surface area (Å²) in [4.78, 5) is 4.32. The van der Waals surface area contributed by atoms with Crippen LogP contribution in [0, 0.1) is 0 Å². The molecule has 1 rings (SSSR count). The van der Waals surface area contributed by atoms with Gasteiger partial charge < -0.3 is 14.6 Å². The molecule has 1 aromatic rings. The fraction of sp³-hybridized carbons (Fsp3) is 0.750. The maximum Gasteiger partial charge on any atom is 0.108 e. The van der Waals surface area contributed by atoms with Gasteiger partial charge in [0, 0.05) is 39.0 Å². The van der Waals surface area contributed by atoms with E-state index in [0.29, 0.717) is 6.04 Å². The minimum atomic E-state index is 0.432. The Morgan fingerprint density at radius 1 is 1.56 bits per heavy atom. The third-order valence-corrected chi connectivity index (χ3v) is 2.69. The van der Waals surface area contributed by atoms with Crippen molar-refractivity contribution in [2.75, 3.05) is 20.3 Å². The summed E-state index contributed by atoms with van der Waals surface area (Å²) in [5.74, 6) is 1.14. The summed E-state index contributed by atoms with van der Waals surface area (Å²) in [5, 5.41) is 3.49. The van der Waals surface area contributed by atoms with Crippen molar-refractivity contribution < 1.29 is 4.74 Å². The number of hydrogen-bond acceptors (Lipinski definition) is 3. The van der Waals surface area contributed by atoms with Crippen molar-refractivity contribution >= 4 is 0 Å². The Morgan fingerprint density at radius 3 is 2.94 bits per heavy atom. The van der Waals surface area contributed by atoms with E-state index in [9.17, 15) is 0 Å². The molecule has 0 radical (unpaired) electrons. The number of nitrogens with one attached hydrogen (secondary N) is 1. The molecule has 0 saturated heterocycles. The van der Waals surface area contributed by atoms with Gasteiger partial charge in [-0.25, -0.2) is 4.98 Å². The van der Waals surface area contributed by atoms with Crippen LogP contribution in [0.15, 0.2) is 12.4 Å². The van der Waals surface area contributed by atoms with E-state index in [1.165, 1.54) is 0 Å². The zero-order chi connectivity index (χ0) is 11.8. The third kappa shape index (κ3) is 4.33. The van der Waals surface area contributed by atoms with Crippen molar-refractivity contribution in [3.8, 4) is 0 Å². The molecule has 0 fully saturated rings. The first-order valence-electron chi connectivity index (χ1n) is 5.96. The molecule has 0 aliphatic carbocycles. The first-order chi connectivity index (χ1) is 7.77. The van der Waals surface area contributed by atoms with E-state index in [4.69, 9.17) is 4.74 Å². The highest BCUT2D eigenvalue weighted by Crippen LogP contribution is 2.03. The van der Waals surface area contributed by atoms with Crippen molar-refractivity contribution in [3.63, 3.8) is 0 Å². The normalized spacial score (nSPS) is 12.9. The van der Waals surface area contributed by atoms with Crippen LogP contribution < -0.4 is 5.32 Å². The zero-order valence-electron chi connectivity index (χ0n) is 10.6. The Kier molecular flexibility index (Phi) is 6.11. The average molecular weight is 225 g/mol. The van der Waals surface area contributed by atoms with Gasteiger partial charge in [0.2, 0.25) is 0 Å². The number of rotatable bonds is 8. The number of hydrogen-bond donors (Lipinski definition) is 1. The Hall–Kier alpha value is -0.870. The van der Waals surface area contributed by atoms with Crippen LogP contribution in [0.4, 0.5) is 0 Å². The van der Waals surface area contributed by atoms with E-state index in [1.54, 1.807) is 7.11 Å². The number of aryl methyl sites for hydroxylation is 2. The first-order valence-corrected chi connectivity index (χ1v) is 5.96. The van der Waals surface area contributed by atoms with Crippen LogP contribution in [0.1, 0.15) is 25.6 Å². The largest absolute Gasteiger partial charge is 0.383 e. The number of ether oxygens (including phenoxy) is 1. The standard InChI is InChI=1S/C12H23N3O/c1-4-7-13-11(10-16-3)5-6-12-14-8-9-15(12)2/h8-9,11,13H,4-7,10H2,1-3H3. The molecule has 0 bridgehead atoms. The van der Waals surface area contributed by atoms with Gasteiger partial charge in [-0.1, -0.05) is 6.92 Å². The van der Waals surface area contributed by atoms with Gasteiger partial charge in [0.1, 0.15) is 5.82 Å². The van der Waals surface area contributed by atoms with Crippen LogP contribution in [0.5, 0.6) is 0 Å². The number of aromatic nitrogens is 2. The SMILES string of the molecule is CCCNC(CCc1nccn1C)COC. The molecule has 0 aromatic carbocycles. The maximum absolute atomic E-state index is 5.21. The average Bonchev–Trinajstić information content (AvgIpc) is 2.68. The lowest BCUT2D eigenvalue weighted by Crippen LogP contribution is -2.34. The molecule has 1 atom stereocenters. The van der Waals surface area contributed by atoms with Gasteiger partial charge in [-0.05, 0) is 19.4 Å². The maximum atomic E-state index is 5.21. The molecule has 0 amide bonds. The molecule has 92 valence electrons. The van der Waals surface area contributed by atoms with Crippen LogP contribution >= 0.6 is 0 Å². The molecule has 16 heavy (non-hydrogen) atoms. The van der Waals surface area contributed by atoms with Crippen molar-refractivity contribution in [2.45, 2.75) is 32.2 Å². The molecule has 4 nitrogen and oxygen atoms in total. The van der Waals surface area contributed by atoms with E-state index in [0.717, 1.165) is 38.2 Å². The van der Waals surface area contributed by atoms with Crippen molar-refractivity contribution in [1.29, 1.82) is 0 Å². The molecule has 1 unspecified atom stereocenters. The topological polar surface area (TPSA) is 39.1 Å². The second-order valence-electron chi connectivity index (χ2n) is 4.10. The van der Waals surface area contributed by atoms with Crippen LogP contribution in [0.2, 0.25) is 0 Å². The quantitative estimate of drug-likeness (QED) is 0.726. The third-order valence-electron chi connectivity index (χ3n) is 2.69. The van der Waals surface area contributed by atoms with Crippen molar-refractivity contribution in [3.05, 3.63) is 18.2 Å². The van der Waals surface area contributed by atoms with Gasteiger partial charge in [-0.3, -0.25) is 0 Å². The van der Waals surface area contributed by atoms with Crippen LogP contribution in [-0.2, 0) is 18.2 Å². The Bertz CT molecular complexity index is 286. The zero-order valence-corrected chi connectivity index (χ0v) is 10.6. The minimum absolute atomic E-state index is 0.432. The predicted molar refractivity (Wildman–Crippen MR) is 65.5 cm³/mol. The lowest BCUT2D eigenvalue weighted by atomic mass is 10.1. The number of nitrogens with zero attached hydrogens (tertiary/aromatic N) is 2. The summed E-state index contributed by atoms with van der Waals surface area (Å²) < 4.78 is 7.28. The summed E-state index contributed by atoms with van der Waals surface area (Å²) in [7, 11) is 3.79. The molecule has 4 heteroatoms. The second-order valence-corrected chi connectivity index (χ2v) is 4.10. The molecular formula is C12H23N3O. The molecule has 0 aliphatic heterocycles. The predicted octanol–water partition coefficient (Wildman–Crippen LogP) is 1.37. The monoisotopic (exact) mass is 225 g/mol. The van der Waals surface area contributed by atoms with Crippen LogP contribution in [0.25, 0.3) is 0 Å². The van der Waals surface area contributed by atoms with Crippen LogP contribution in [0.3, 0.4) is 0 Å². The van der Waals surface area contributed by atoms with Crippen LogP contribution in [-0.4, -0.2) is 35.9 Å². The molecule has 1 heterocycles. The summed E-state index contributed by atoms with van der Waals surface area (Å²) in [6.45, 7) is 3.99. The van der Waals surface area contributed by atoms with Crippen molar-refractivity contribution in [2.24, 2.45) is 7.05 Å². The number of methoxy groups -OCH3 is 1. The molecule has 1 N–H and O–H groups in total. The fourth-order valence-corrected chi connectivity index (χ4v) is 1.73. The van der Waals surface area contributed by atoms with Gasteiger partial charge in [0.25, 0.3) is 0 Å². The van der Waals surface area contributed by atoms with Gasteiger partial charge in [-0.2, -0.15) is 0 Å². The Labute approximate surface area is 98.0 Å². The molecule has 0 aliphatic rings. The van der Waals surface area contributed by atoms with E-state index in [1.807, 2.05) is 19.4 Å². The van der Waals surface area contributed by atoms with E-state index in [-0.39, 0.29) is 0 Å². The lowest BCUT2D eigenvalue weighted by molar-refractivity contribution is 0.162. The highest BCUT2D eigenvalue weighted by molar-refractivity contribution is 4.92. The fourth-order valence-electron chi connectivity index (χ4n) is 1.73. The van der Waals surface area contributed by atoms with Gasteiger partial charge in [0.15, 0.2) is 0 Å². The van der Waals surface area contributed by atoms with E-state index in [2.05, 4.69) is 21.8 Å². The van der Waals surface area contributed by atoms with Crippen molar-refractivity contribution in [1.82, 2.24) is 14.9 Å². The Morgan fingerprint density at radius 2 is 2.38 bits per heavy atom. The molecular weight excluding hydrogens is 202 g/mol.